The van der Waals surface area contributed by atoms with Crippen molar-refractivity contribution in [1.82, 2.24) is 0 Å². The van der Waals surface area contributed by atoms with Crippen LogP contribution in [-0.4, -0.2) is 17.3 Å². The second-order valence-electron chi connectivity index (χ2n) is 3.95. The van der Waals surface area contributed by atoms with Gasteiger partial charge in [-0.25, -0.2) is 0 Å². The fourth-order valence-corrected chi connectivity index (χ4v) is 1.33. The van der Waals surface area contributed by atoms with Crippen molar-refractivity contribution >= 4 is 0 Å². The fourth-order valence-electron chi connectivity index (χ4n) is 1.33. The van der Waals surface area contributed by atoms with Gasteiger partial charge in [-0.3, -0.25) is 0 Å². The predicted octanol–water partition coefficient (Wildman–Crippen LogP) is 1.65. The van der Waals surface area contributed by atoms with Crippen LogP contribution in [0.2, 0.25) is 0 Å². The molecule has 0 unspecified atom stereocenters. The molecule has 1 aliphatic rings. The average molecular weight is 193 g/mol. The minimum atomic E-state index is 0.0525. The standard InChI is InChI=1S/C11H15NO2/c12-11(5-6-11)7-8-14-10-3-1-9(13)2-4-10/h1-4,13H,5-8,12H2. The molecule has 3 heteroatoms. The molecule has 0 atom stereocenters. The summed E-state index contributed by atoms with van der Waals surface area (Å²) in [5.74, 6) is 1.04. The maximum Gasteiger partial charge on any atom is 0.119 e. The van der Waals surface area contributed by atoms with Crippen molar-refractivity contribution in [3.63, 3.8) is 0 Å². The quantitative estimate of drug-likeness (QED) is 0.764. The van der Waals surface area contributed by atoms with E-state index in [0.717, 1.165) is 25.0 Å². The summed E-state index contributed by atoms with van der Waals surface area (Å²) in [6, 6.07) is 6.74. The first kappa shape index (κ1) is 9.34. The highest BCUT2D eigenvalue weighted by Crippen LogP contribution is 2.35. The van der Waals surface area contributed by atoms with Crippen LogP contribution in [0.3, 0.4) is 0 Å². The third kappa shape index (κ3) is 2.39. The topological polar surface area (TPSA) is 55.5 Å². The highest BCUT2D eigenvalue weighted by Gasteiger charge is 2.37. The molecule has 0 spiro atoms. The van der Waals surface area contributed by atoms with Gasteiger partial charge in [0.2, 0.25) is 0 Å². The van der Waals surface area contributed by atoms with Crippen LogP contribution in [0.5, 0.6) is 11.5 Å². The second kappa shape index (κ2) is 3.50. The van der Waals surface area contributed by atoms with E-state index in [0.29, 0.717) is 6.61 Å². The number of hydrogen-bond acceptors (Lipinski definition) is 3. The van der Waals surface area contributed by atoms with Gasteiger partial charge in [0.1, 0.15) is 11.5 Å². The molecule has 0 aromatic heterocycles. The van der Waals surface area contributed by atoms with Crippen LogP contribution in [0.25, 0.3) is 0 Å². The Balaban J connectivity index is 1.77. The molecule has 1 fully saturated rings. The lowest BCUT2D eigenvalue weighted by Crippen LogP contribution is -2.24. The minimum absolute atomic E-state index is 0.0525. The fraction of sp³-hybridized carbons (Fsp3) is 0.455. The molecule has 3 nitrogen and oxygen atoms in total. The predicted molar refractivity (Wildman–Crippen MR) is 54.4 cm³/mol. The number of aromatic hydroxyl groups is 1. The molecule has 0 radical (unpaired) electrons. The number of rotatable bonds is 4. The lowest BCUT2D eigenvalue weighted by Gasteiger charge is -2.09. The van der Waals surface area contributed by atoms with E-state index < -0.39 is 0 Å². The number of phenolic OH excluding ortho intramolecular Hbond substituents is 1. The van der Waals surface area contributed by atoms with Crippen LogP contribution < -0.4 is 10.5 Å². The van der Waals surface area contributed by atoms with Gasteiger partial charge in [-0.1, -0.05) is 0 Å². The maximum absolute atomic E-state index is 9.05. The number of benzene rings is 1. The van der Waals surface area contributed by atoms with Crippen LogP contribution in [0.1, 0.15) is 19.3 Å². The summed E-state index contributed by atoms with van der Waals surface area (Å²) in [6.07, 6.45) is 3.14. The van der Waals surface area contributed by atoms with Gasteiger partial charge < -0.3 is 15.6 Å². The summed E-state index contributed by atoms with van der Waals surface area (Å²) in [4.78, 5) is 0. The third-order valence-electron chi connectivity index (χ3n) is 2.60. The van der Waals surface area contributed by atoms with Crippen LogP contribution >= 0.6 is 0 Å². The van der Waals surface area contributed by atoms with Gasteiger partial charge in [0, 0.05) is 5.54 Å². The molecule has 1 aromatic carbocycles. The number of phenols is 1. The summed E-state index contributed by atoms with van der Waals surface area (Å²) in [5, 5.41) is 9.05. The summed E-state index contributed by atoms with van der Waals surface area (Å²) in [5.41, 5.74) is 5.97. The Morgan fingerprint density at radius 3 is 2.50 bits per heavy atom. The van der Waals surface area contributed by atoms with Crippen molar-refractivity contribution in [2.45, 2.75) is 24.8 Å². The van der Waals surface area contributed by atoms with Crippen LogP contribution in [-0.2, 0) is 0 Å². The van der Waals surface area contributed by atoms with E-state index in [1.807, 2.05) is 0 Å². The van der Waals surface area contributed by atoms with Crippen molar-refractivity contribution < 1.29 is 9.84 Å². The Kier molecular flexibility index (Phi) is 2.33. The van der Waals surface area contributed by atoms with E-state index in [-0.39, 0.29) is 11.3 Å². The maximum atomic E-state index is 9.05. The summed E-state index contributed by atoms with van der Waals surface area (Å²) < 4.78 is 5.49. The molecule has 14 heavy (non-hydrogen) atoms. The molecular formula is C11H15NO2. The van der Waals surface area contributed by atoms with Crippen molar-refractivity contribution in [2.75, 3.05) is 6.61 Å². The van der Waals surface area contributed by atoms with E-state index in [4.69, 9.17) is 15.6 Å². The Morgan fingerprint density at radius 2 is 1.93 bits per heavy atom. The van der Waals surface area contributed by atoms with Gasteiger partial charge in [-0.05, 0) is 43.5 Å². The summed E-state index contributed by atoms with van der Waals surface area (Å²) in [7, 11) is 0. The van der Waals surface area contributed by atoms with Gasteiger partial charge in [-0.2, -0.15) is 0 Å². The molecule has 1 aliphatic carbocycles. The molecule has 1 aromatic rings. The van der Waals surface area contributed by atoms with Gasteiger partial charge in [0.15, 0.2) is 0 Å². The zero-order valence-electron chi connectivity index (χ0n) is 8.07. The molecule has 0 aliphatic heterocycles. The first-order chi connectivity index (χ1) is 6.68. The normalized spacial score (nSPS) is 17.8. The zero-order chi connectivity index (χ0) is 10.0. The Labute approximate surface area is 83.5 Å². The van der Waals surface area contributed by atoms with E-state index >= 15 is 0 Å². The van der Waals surface area contributed by atoms with E-state index in [2.05, 4.69) is 0 Å². The molecule has 3 N–H and O–H groups in total. The number of nitrogens with two attached hydrogens (primary N) is 1. The van der Waals surface area contributed by atoms with Gasteiger partial charge in [0.25, 0.3) is 0 Å². The molecule has 76 valence electrons. The highest BCUT2D eigenvalue weighted by molar-refractivity contribution is 5.30. The SMILES string of the molecule is NC1(CCOc2ccc(O)cc2)CC1. The monoisotopic (exact) mass is 193 g/mol. The Hall–Kier alpha value is -1.22. The van der Waals surface area contributed by atoms with Crippen LogP contribution in [0.4, 0.5) is 0 Å². The van der Waals surface area contributed by atoms with Gasteiger partial charge in [-0.15, -0.1) is 0 Å². The lowest BCUT2D eigenvalue weighted by atomic mass is 10.2. The largest absolute Gasteiger partial charge is 0.508 e. The molecule has 0 heterocycles. The van der Waals surface area contributed by atoms with E-state index in [1.54, 1.807) is 24.3 Å². The van der Waals surface area contributed by atoms with E-state index in [9.17, 15) is 0 Å². The molecule has 0 bridgehead atoms. The minimum Gasteiger partial charge on any atom is -0.508 e. The second-order valence-corrected chi connectivity index (χ2v) is 3.95. The first-order valence-corrected chi connectivity index (χ1v) is 4.89. The van der Waals surface area contributed by atoms with Crippen molar-refractivity contribution in [2.24, 2.45) is 5.73 Å². The highest BCUT2D eigenvalue weighted by atomic mass is 16.5. The molecule has 2 rings (SSSR count). The smallest absolute Gasteiger partial charge is 0.119 e. The van der Waals surface area contributed by atoms with Crippen LogP contribution in [0, 0.1) is 0 Å². The molecule has 0 saturated heterocycles. The van der Waals surface area contributed by atoms with Gasteiger partial charge in [0.05, 0.1) is 6.61 Å². The average Bonchev–Trinajstić information content (AvgIpc) is 2.88. The molecular weight excluding hydrogens is 178 g/mol. The number of ether oxygens (including phenoxy) is 1. The summed E-state index contributed by atoms with van der Waals surface area (Å²) in [6.45, 7) is 0.654. The lowest BCUT2D eigenvalue weighted by molar-refractivity contribution is 0.293. The van der Waals surface area contributed by atoms with E-state index in [1.165, 1.54) is 0 Å². The van der Waals surface area contributed by atoms with Crippen molar-refractivity contribution in [3.8, 4) is 11.5 Å². The van der Waals surface area contributed by atoms with Crippen molar-refractivity contribution in [3.05, 3.63) is 24.3 Å². The Morgan fingerprint density at radius 1 is 1.29 bits per heavy atom. The zero-order valence-corrected chi connectivity index (χ0v) is 8.07. The molecule has 0 amide bonds. The van der Waals surface area contributed by atoms with Gasteiger partial charge >= 0.3 is 0 Å². The van der Waals surface area contributed by atoms with Crippen molar-refractivity contribution in [1.29, 1.82) is 0 Å². The Bertz CT molecular complexity index is 304. The summed E-state index contributed by atoms with van der Waals surface area (Å²) >= 11 is 0. The first-order valence-electron chi connectivity index (χ1n) is 4.89. The van der Waals surface area contributed by atoms with Crippen LogP contribution in [0.15, 0.2) is 24.3 Å². The third-order valence-corrected chi connectivity index (χ3v) is 2.60. The molecule has 1 saturated carbocycles. The number of hydrogen-bond donors (Lipinski definition) is 2.